The first-order valence-electron chi connectivity index (χ1n) is 7.57. The van der Waals surface area contributed by atoms with E-state index in [-0.39, 0.29) is 0 Å². The lowest BCUT2D eigenvalue weighted by Gasteiger charge is -2.31. The van der Waals surface area contributed by atoms with Crippen LogP contribution in [0.2, 0.25) is 0 Å². The molecule has 2 heteroatoms. The quantitative estimate of drug-likeness (QED) is 0.741. The van der Waals surface area contributed by atoms with Gasteiger partial charge in [-0.05, 0) is 55.7 Å². The summed E-state index contributed by atoms with van der Waals surface area (Å²) in [5, 5.41) is 3.72. The summed E-state index contributed by atoms with van der Waals surface area (Å²) < 4.78 is 1.20. The molecule has 2 rings (SSSR count). The van der Waals surface area contributed by atoms with Crippen molar-refractivity contribution in [2.24, 2.45) is 11.8 Å². The molecule has 1 nitrogen and oxygen atoms in total. The highest BCUT2D eigenvalue weighted by molar-refractivity contribution is 9.10. The molecule has 106 valence electrons. The third kappa shape index (κ3) is 4.52. The van der Waals surface area contributed by atoms with Crippen LogP contribution in [0, 0.1) is 18.8 Å². The number of hydrogen-bond donors (Lipinski definition) is 1. The average molecular weight is 324 g/mol. The maximum Gasteiger partial charge on any atom is 0.0353 e. The lowest BCUT2D eigenvalue weighted by Crippen LogP contribution is -2.27. The summed E-state index contributed by atoms with van der Waals surface area (Å²) in [7, 11) is 0. The number of hydrogen-bond acceptors (Lipinski definition) is 1. The molecule has 0 amide bonds. The molecule has 19 heavy (non-hydrogen) atoms. The molecule has 1 fully saturated rings. The van der Waals surface area contributed by atoms with Crippen LogP contribution in [0.5, 0.6) is 0 Å². The van der Waals surface area contributed by atoms with Crippen LogP contribution in [-0.4, -0.2) is 6.04 Å². The van der Waals surface area contributed by atoms with E-state index in [1.807, 2.05) is 0 Å². The van der Waals surface area contributed by atoms with Crippen LogP contribution in [0.1, 0.15) is 51.5 Å². The fourth-order valence-electron chi connectivity index (χ4n) is 3.22. The van der Waals surface area contributed by atoms with Gasteiger partial charge in [0, 0.05) is 16.2 Å². The van der Waals surface area contributed by atoms with E-state index >= 15 is 0 Å². The van der Waals surface area contributed by atoms with Crippen molar-refractivity contribution < 1.29 is 0 Å². The smallest absolute Gasteiger partial charge is 0.0353 e. The van der Waals surface area contributed by atoms with Gasteiger partial charge >= 0.3 is 0 Å². The van der Waals surface area contributed by atoms with E-state index in [2.05, 4.69) is 60.2 Å². The minimum absolute atomic E-state index is 0.659. The molecular formula is C17H26BrN. The van der Waals surface area contributed by atoms with Crippen molar-refractivity contribution in [3.05, 3.63) is 28.2 Å². The molecule has 1 aliphatic carbocycles. The molecule has 0 saturated heterocycles. The Hall–Kier alpha value is -0.500. The van der Waals surface area contributed by atoms with Crippen molar-refractivity contribution in [2.75, 3.05) is 5.32 Å². The molecule has 0 spiro atoms. The summed E-state index contributed by atoms with van der Waals surface area (Å²) in [5.41, 5.74) is 2.56. The van der Waals surface area contributed by atoms with E-state index in [4.69, 9.17) is 0 Å². The Morgan fingerprint density at radius 2 is 2.11 bits per heavy atom. The second-order valence-corrected chi connectivity index (χ2v) is 7.32. The van der Waals surface area contributed by atoms with Gasteiger partial charge in [-0.2, -0.15) is 0 Å². The van der Waals surface area contributed by atoms with Crippen LogP contribution in [0.4, 0.5) is 5.69 Å². The maximum absolute atomic E-state index is 3.72. The Kier molecular flexibility index (Phi) is 5.32. The van der Waals surface area contributed by atoms with Gasteiger partial charge in [0.1, 0.15) is 0 Å². The second-order valence-electron chi connectivity index (χ2n) is 6.47. The van der Waals surface area contributed by atoms with Crippen molar-refractivity contribution in [3.8, 4) is 0 Å². The first kappa shape index (κ1) is 14.9. The number of halogens is 1. The SMILES string of the molecule is Cc1ccc(NC2CCCC(CC(C)C)C2)cc1Br. The first-order valence-corrected chi connectivity index (χ1v) is 8.36. The Labute approximate surface area is 126 Å². The van der Waals surface area contributed by atoms with E-state index in [0.29, 0.717) is 6.04 Å². The fraction of sp³-hybridized carbons (Fsp3) is 0.647. The Morgan fingerprint density at radius 3 is 2.79 bits per heavy atom. The summed E-state index contributed by atoms with van der Waals surface area (Å²) in [4.78, 5) is 0. The molecule has 0 bridgehead atoms. The summed E-state index contributed by atoms with van der Waals surface area (Å²) in [5.74, 6) is 1.75. The standard InChI is InChI=1S/C17H26BrN/c1-12(2)9-14-5-4-6-15(10-14)19-16-8-7-13(3)17(18)11-16/h7-8,11-12,14-15,19H,4-6,9-10H2,1-3H3. The van der Waals surface area contributed by atoms with Gasteiger partial charge in [0.15, 0.2) is 0 Å². The molecule has 0 aliphatic heterocycles. The molecule has 1 N–H and O–H groups in total. The van der Waals surface area contributed by atoms with Crippen LogP contribution in [-0.2, 0) is 0 Å². The van der Waals surface area contributed by atoms with Gasteiger partial charge in [-0.1, -0.05) is 48.7 Å². The van der Waals surface area contributed by atoms with Gasteiger partial charge in [-0.15, -0.1) is 0 Å². The molecule has 1 saturated carbocycles. The summed E-state index contributed by atoms with van der Waals surface area (Å²) in [6.07, 6.45) is 6.84. The van der Waals surface area contributed by atoms with Crippen LogP contribution in [0.15, 0.2) is 22.7 Å². The van der Waals surface area contributed by atoms with Crippen molar-refractivity contribution in [2.45, 2.75) is 58.9 Å². The molecule has 0 radical (unpaired) electrons. The van der Waals surface area contributed by atoms with Gasteiger partial charge in [0.2, 0.25) is 0 Å². The van der Waals surface area contributed by atoms with Gasteiger partial charge in [-0.25, -0.2) is 0 Å². The summed E-state index contributed by atoms with van der Waals surface area (Å²) in [6.45, 7) is 6.81. The summed E-state index contributed by atoms with van der Waals surface area (Å²) in [6, 6.07) is 7.25. The highest BCUT2D eigenvalue weighted by Gasteiger charge is 2.22. The topological polar surface area (TPSA) is 12.0 Å². The zero-order chi connectivity index (χ0) is 13.8. The van der Waals surface area contributed by atoms with Crippen molar-refractivity contribution in [1.29, 1.82) is 0 Å². The minimum atomic E-state index is 0.659. The Bertz CT molecular complexity index is 414. The number of aryl methyl sites for hydroxylation is 1. The molecule has 2 unspecified atom stereocenters. The molecule has 1 aromatic carbocycles. The van der Waals surface area contributed by atoms with Gasteiger partial charge in [0.05, 0.1) is 0 Å². The highest BCUT2D eigenvalue weighted by atomic mass is 79.9. The van der Waals surface area contributed by atoms with Crippen LogP contribution in [0.3, 0.4) is 0 Å². The van der Waals surface area contributed by atoms with Crippen LogP contribution in [0.25, 0.3) is 0 Å². The number of benzene rings is 1. The zero-order valence-electron chi connectivity index (χ0n) is 12.4. The third-order valence-electron chi connectivity index (χ3n) is 4.13. The third-order valence-corrected chi connectivity index (χ3v) is 4.98. The number of rotatable bonds is 4. The number of nitrogens with one attached hydrogen (secondary N) is 1. The molecule has 0 heterocycles. The minimum Gasteiger partial charge on any atom is -0.382 e. The van der Waals surface area contributed by atoms with E-state index in [9.17, 15) is 0 Å². The van der Waals surface area contributed by atoms with Crippen molar-refractivity contribution in [3.63, 3.8) is 0 Å². The van der Waals surface area contributed by atoms with Gasteiger partial charge in [-0.3, -0.25) is 0 Å². The van der Waals surface area contributed by atoms with Crippen molar-refractivity contribution in [1.82, 2.24) is 0 Å². The predicted molar refractivity (Wildman–Crippen MR) is 87.7 cm³/mol. The normalized spacial score (nSPS) is 23.6. The average Bonchev–Trinajstić information content (AvgIpc) is 2.33. The maximum atomic E-state index is 3.72. The predicted octanol–water partition coefficient (Wildman–Crippen LogP) is 5.77. The van der Waals surface area contributed by atoms with Crippen LogP contribution < -0.4 is 5.32 Å². The number of anilines is 1. The Balaban J connectivity index is 1.92. The fourth-order valence-corrected chi connectivity index (χ4v) is 3.60. The van der Waals surface area contributed by atoms with E-state index in [0.717, 1.165) is 11.8 Å². The monoisotopic (exact) mass is 323 g/mol. The van der Waals surface area contributed by atoms with E-state index in [1.165, 1.54) is 47.8 Å². The Morgan fingerprint density at radius 1 is 1.32 bits per heavy atom. The van der Waals surface area contributed by atoms with E-state index in [1.54, 1.807) is 0 Å². The zero-order valence-corrected chi connectivity index (χ0v) is 14.0. The second kappa shape index (κ2) is 6.78. The molecule has 1 aromatic rings. The lowest BCUT2D eigenvalue weighted by molar-refractivity contribution is 0.289. The summed E-state index contributed by atoms with van der Waals surface area (Å²) >= 11 is 3.62. The largest absolute Gasteiger partial charge is 0.382 e. The molecule has 0 aromatic heterocycles. The molecular weight excluding hydrogens is 298 g/mol. The van der Waals surface area contributed by atoms with Crippen LogP contribution >= 0.6 is 15.9 Å². The first-order chi connectivity index (χ1) is 9.04. The van der Waals surface area contributed by atoms with Gasteiger partial charge < -0.3 is 5.32 Å². The molecule has 2 atom stereocenters. The lowest BCUT2D eigenvalue weighted by atomic mass is 9.81. The molecule has 1 aliphatic rings. The van der Waals surface area contributed by atoms with E-state index < -0.39 is 0 Å². The highest BCUT2D eigenvalue weighted by Crippen LogP contribution is 2.31. The van der Waals surface area contributed by atoms with Crippen molar-refractivity contribution >= 4 is 21.6 Å². The van der Waals surface area contributed by atoms with Gasteiger partial charge in [0.25, 0.3) is 0 Å².